The molecule has 2 aromatic carbocycles. The molecule has 0 atom stereocenters. The number of carbonyl (C=O) groups excluding carboxylic acids is 2. The molecule has 4 nitrogen and oxygen atoms in total. The van der Waals surface area contributed by atoms with E-state index < -0.39 is 5.82 Å². The smallest absolute Gasteiger partial charge is 0.224 e. The standard InChI is InChI=1S/C20H21FN2O2/c1-15(24)23(19-9-5-4-8-18(19)21)13-11-20(25)22-12-10-16-6-2-3-7-17(16)14-22/h2-9H,10-14H2,1H3. The van der Waals surface area contributed by atoms with Gasteiger partial charge in [0.15, 0.2) is 0 Å². The van der Waals surface area contributed by atoms with E-state index in [9.17, 15) is 14.0 Å². The Balaban J connectivity index is 1.65. The zero-order valence-corrected chi connectivity index (χ0v) is 14.2. The van der Waals surface area contributed by atoms with Gasteiger partial charge in [0.05, 0.1) is 5.69 Å². The molecule has 0 radical (unpaired) electrons. The zero-order valence-electron chi connectivity index (χ0n) is 14.2. The average molecular weight is 340 g/mol. The highest BCUT2D eigenvalue weighted by Gasteiger charge is 2.22. The predicted octanol–water partition coefficient (Wildman–Crippen LogP) is 3.15. The molecular formula is C20H21FN2O2. The van der Waals surface area contributed by atoms with Gasteiger partial charge in [0.2, 0.25) is 11.8 Å². The van der Waals surface area contributed by atoms with Gasteiger partial charge in [-0.05, 0) is 29.7 Å². The van der Waals surface area contributed by atoms with Crippen LogP contribution in [0.4, 0.5) is 10.1 Å². The highest BCUT2D eigenvalue weighted by Crippen LogP contribution is 2.21. The van der Waals surface area contributed by atoms with E-state index in [0.29, 0.717) is 13.1 Å². The molecule has 1 aliphatic heterocycles. The minimum absolute atomic E-state index is 0.0166. The quantitative estimate of drug-likeness (QED) is 0.858. The summed E-state index contributed by atoms with van der Waals surface area (Å²) in [6, 6.07) is 14.2. The first kappa shape index (κ1) is 17.1. The molecule has 0 fully saturated rings. The molecule has 0 bridgehead atoms. The molecular weight excluding hydrogens is 319 g/mol. The van der Waals surface area contributed by atoms with E-state index in [1.807, 2.05) is 23.1 Å². The van der Waals surface area contributed by atoms with Gasteiger partial charge in [0.25, 0.3) is 0 Å². The number of para-hydroxylation sites is 1. The van der Waals surface area contributed by atoms with E-state index in [2.05, 4.69) is 6.07 Å². The van der Waals surface area contributed by atoms with Crippen molar-refractivity contribution in [1.29, 1.82) is 0 Å². The third kappa shape index (κ3) is 3.87. The van der Waals surface area contributed by atoms with Crippen LogP contribution in [0.15, 0.2) is 48.5 Å². The van der Waals surface area contributed by atoms with Crippen molar-refractivity contribution in [2.45, 2.75) is 26.3 Å². The Morgan fingerprint density at radius 1 is 1.08 bits per heavy atom. The van der Waals surface area contributed by atoms with Crippen LogP contribution in [0.1, 0.15) is 24.5 Å². The number of hydrogen-bond acceptors (Lipinski definition) is 2. The van der Waals surface area contributed by atoms with Crippen molar-refractivity contribution >= 4 is 17.5 Å². The molecule has 0 aromatic heterocycles. The topological polar surface area (TPSA) is 40.6 Å². The van der Waals surface area contributed by atoms with Crippen molar-refractivity contribution in [1.82, 2.24) is 4.90 Å². The van der Waals surface area contributed by atoms with Crippen LogP contribution in [0.25, 0.3) is 0 Å². The summed E-state index contributed by atoms with van der Waals surface area (Å²) in [5, 5.41) is 0. The van der Waals surface area contributed by atoms with Gasteiger partial charge in [-0.25, -0.2) is 4.39 Å². The molecule has 5 heteroatoms. The summed E-state index contributed by atoms with van der Waals surface area (Å²) >= 11 is 0. The van der Waals surface area contributed by atoms with Crippen LogP contribution in [0.2, 0.25) is 0 Å². The van der Waals surface area contributed by atoms with E-state index in [0.717, 1.165) is 6.42 Å². The van der Waals surface area contributed by atoms with Crippen LogP contribution in [0.3, 0.4) is 0 Å². The zero-order chi connectivity index (χ0) is 17.8. The molecule has 0 N–H and O–H groups in total. The summed E-state index contributed by atoms with van der Waals surface area (Å²) < 4.78 is 14.0. The minimum atomic E-state index is -0.461. The SMILES string of the molecule is CC(=O)N(CCC(=O)N1CCc2ccccc2C1)c1ccccc1F. The Bertz CT molecular complexity index is 791. The van der Waals surface area contributed by atoms with Gasteiger partial charge in [0.1, 0.15) is 5.82 Å². The summed E-state index contributed by atoms with van der Waals surface area (Å²) in [5.74, 6) is -0.754. The Morgan fingerprint density at radius 3 is 2.48 bits per heavy atom. The second-order valence-corrected chi connectivity index (χ2v) is 6.21. The van der Waals surface area contributed by atoms with Gasteiger partial charge in [0, 0.05) is 33.0 Å². The van der Waals surface area contributed by atoms with E-state index in [4.69, 9.17) is 0 Å². The number of fused-ring (bicyclic) bond motifs is 1. The Labute approximate surface area is 146 Å². The minimum Gasteiger partial charge on any atom is -0.338 e. The number of amides is 2. The number of nitrogens with zero attached hydrogens (tertiary/aromatic N) is 2. The van der Waals surface area contributed by atoms with Crippen molar-refractivity contribution in [2.75, 3.05) is 18.0 Å². The maximum Gasteiger partial charge on any atom is 0.224 e. The number of hydrogen-bond donors (Lipinski definition) is 0. The lowest BCUT2D eigenvalue weighted by Crippen LogP contribution is -2.39. The maximum absolute atomic E-state index is 14.0. The fourth-order valence-electron chi connectivity index (χ4n) is 3.19. The van der Waals surface area contributed by atoms with Crippen LogP contribution in [0.5, 0.6) is 0 Å². The summed E-state index contributed by atoms with van der Waals surface area (Å²) in [4.78, 5) is 27.6. The summed E-state index contributed by atoms with van der Waals surface area (Å²) in [6.07, 6.45) is 1.02. The van der Waals surface area contributed by atoms with Crippen molar-refractivity contribution in [3.63, 3.8) is 0 Å². The van der Waals surface area contributed by atoms with Gasteiger partial charge in [-0.2, -0.15) is 0 Å². The molecule has 0 saturated heterocycles. The largest absolute Gasteiger partial charge is 0.338 e. The van der Waals surface area contributed by atoms with Gasteiger partial charge >= 0.3 is 0 Å². The van der Waals surface area contributed by atoms with Gasteiger partial charge in [-0.15, -0.1) is 0 Å². The molecule has 0 spiro atoms. The normalized spacial score (nSPS) is 13.3. The van der Waals surface area contributed by atoms with Crippen LogP contribution < -0.4 is 4.90 Å². The summed E-state index contributed by atoms with van der Waals surface area (Å²) in [7, 11) is 0. The first-order valence-electron chi connectivity index (χ1n) is 8.43. The van der Waals surface area contributed by atoms with Gasteiger partial charge in [-0.1, -0.05) is 36.4 Å². The third-order valence-corrected chi connectivity index (χ3v) is 4.56. The first-order valence-corrected chi connectivity index (χ1v) is 8.43. The Hall–Kier alpha value is -2.69. The van der Waals surface area contributed by atoms with Crippen molar-refractivity contribution < 1.29 is 14.0 Å². The van der Waals surface area contributed by atoms with Crippen LogP contribution >= 0.6 is 0 Å². The second kappa shape index (κ2) is 7.47. The molecule has 1 aliphatic rings. The van der Waals surface area contributed by atoms with Crippen molar-refractivity contribution in [3.05, 3.63) is 65.5 Å². The van der Waals surface area contributed by atoms with Gasteiger partial charge in [-0.3, -0.25) is 9.59 Å². The molecule has 0 unspecified atom stereocenters. The molecule has 130 valence electrons. The lowest BCUT2D eigenvalue weighted by Gasteiger charge is -2.30. The fraction of sp³-hybridized carbons (Fsp3) is 0.300. The fourth-order valence-corrected chi connectivity index (χ4v) is 3.19. The summed E-state index contributed by atoms with van der Waals surface area (Å²) in [6.45, 7) is 2.83. The number of carbonyl (C=O) groups is 2. The number of rotatable bonds is 4. The Morgan fingerprint density at radius 2 is 1.76 bits per heavy atom. The monoisotopic (exact) mass is 340 g/mol. The highest BCUT2D eigenvalue weighted by atomic mass is 19.1. The van der Waals surface area contributed by atoms with Gasteiger partial charge < -0.3 is 9.80 Å². The number of benzene rings is 2. The molecule has 25 heavy (non-hydrogen) atoms. The summed E-state index contributed by atoms with van der Waals surface area (Å²) in [5.41, 5.74) is 2.66. The number of halogens is 1. The van der Waals surface area contributed by atoms with Crippen molar-refractivity contribution in [3.8, 4) is 0 Å². The molecule has 0 aliphatic carbocycles. The Kier molecular flexibility index (Phi) is 5.12. The van der Waals surface area contributed by atoms with Crippen LogP contribution in [-0.4, -0.2) is 29.8 Å². The lowest BCUT2D eigenvalue weighted by atomic mass is 10.00. The highest BCUT2D eigenvalue weighted by molar-refractivity contribution is 5.92. The third-order valence-electron chi connectivity index (χ3n) is 4.56. The second-order valence-electron chi connectivity index (χ2n) is 6.21. The number of anilines is 1. The first-order chi connectivity index (χ1) is 12.1. The average Bonchev–Trinajstić information content (AvgIpc) is 2.62. The molecule has 3 rings (SSSR count). The van der Waals surface area contributed by atoms with E-state index in [1.54, 1.807) is 18.2 Å². The maximum atomic E-state index is 14.0. The molecule has 1 heterocycles. The van der Waals surface area contributed by atoms with E-state index >= 15 is 0 Å². The van der Waals surface area contributed by atoms with Crippen LogP contribution in [0, 0.1) is 5.82 Å². The van der Waals surface area contributed by atoms with E-state index in [-0.39, 0.29) is 30.5 Å². The molecule has 2 aromatic rings. The van der Waals surface area contributed by atoms with Crippen LogP contribution in [-0.2, 0) is 22.6 Å². The lowest BCUT2D eigenvalue weighted by molar-refractivity contribution is -0.131. The van der Waals surface area contributed by atoms with Crippen molar-refractivity contribution in [2.24, 2.45) is 0 Å². The van der Waals surface area contributed by atoms with E-state index in [1.165, 1.54) is 29.0 Å². The molecule has 0 saturated carbocycles. The molecule has 2 amide bonds. The predicted molar refractivity (Wildman–Crippen MR) is 94.6 cm³/mol.